The zero-order chi connectivity index (χ0) is 10.8. The second-order valence-electron chi connectivity index (χ2n) is 4.17. The van der Waals surface area contributed by atoms with Crippen LogP contribution in [0.4, 0.5) is 0 Å². The van der Waals surface area contributed by atoms with Gasteiger partial charge >= 0.3 is 0 Å². The van der Waals surface area contributed by atoms with E-state index in [0.29, 0.717) is 26.1 Å². The number of carbonyl (C=O) groups is 2. The van der Waals surface area contributed by atoms with E-state index in [-0.39, 0.29) is 23.8 Å². The molecule has 5 nitrogen and oxygen atoms in total. The number of hydrogen-bond acceptors (Lipinski definition) is 3. The fraction of sp³-hybridized carbons (Fsp3) is 0.800. The summed E-state index contributed by atoms with van der Waals surface area (Å²) in [4.78, 5) is 24.5. The molecule has 2 fully saturated rings. The van der Waals surface area contributed by atoms with E-state index in [1.807, 2.05) is 0 Å². The summed E-state index contributed by atoms with van der Waals surface area (Å²) >= 11 is 0. The molecule has 2 N–H and O–H groups in total. The average molecular weight is 212 g/mol. The Hall–Kier alpha value is -1.10. The molecule has 2 saturated heterocycles. The predicted molar refractivity (Wildman–Crippen MR) is 52.9 cm³/mol. The molecule has 84 valence electrons. The molecule has 0 spiro atoms. The minimum absolute atomic E-state index is 0.0243. The van der Waals surface area contributed by atoms with Gasteiger partial charge in [-0.15, -0.1) is 0 Å². The molecule has 0 saturated carbocycles. The van der Waals surface area contributed by atoms with Gasteiger partial charge in [0.1, 0.15) is 6.10 Å². The summed E-state index contributed by atoms with van der Waals surface area (Å²) < 4.78 is 5.32. The first kappa shape index (κ1) is 10.4. The molecule has 2 unspecified atom stereocenters. The Bertz CT molecular complexity index is 274. The SMILES string of the molecule is NC(=O)C1CCN(C(=O)C2CCCO2)C1. The lowest BCUT2D eigenvalue weighted by atomic mass is 10.1. The second kappa shape index (κ2) is 4.18. The Balaban J connectivity index is 1.89. The summed E-state index contributed by atoms with van der Waals surface area (Å²) in [5.41, 5.74) is 5.21. The van der Waals surface area contributed by atoms with Crippen molar-refractivity contribution >= 4 is 11.8 Å². The van der Waals surface area contributed by atoms with Crippen LogP contribution < -0.4 is 5.73 Å². The lowest BCUT2D eigenvalue weighted by Crippen LogP contribution is -2.38. The van der Waals surface area contributed by atoms with Gasteiger partial charge in [0, 0.05) is 19.7 Å². The van der Waals surface area contributed by atoms with E-state index in [0.717, 1.165) is 12.8 Å². The Morgan fingerprint density at radius 2 is 2.13 bits per heavy atom. The van der Waals surface area contributed by atoms with Crippen molar-refractivity contribution in [2.24, 2.45) is 11.7 Å². The molecule has 2 heterocycles. The quantitative estimate of drug-likeness (QED) is 0.670. The van der Waals surface area contributed by atoms with Gasteiger partial charge < -0.3 is 15.4 Å². The minimum Gasteiger partial charge on any atom is -0.369 e. The van der Waals surface area contributed by atoms with Gasteiger partial charge in [-0.1, -0.05) is 0 Å². The first-order valence-corrected chi connectivity index (χ1v) is 5.38. The number of amides is 2. The smallest absolute Gasteiger partial charge is 0.251 e. The zero-order valence-electron chi connectivity index (χ0n) is 8.65. The summed E-state index contributed by atoms with van der Waals surface area (Å²) in [6.45, 7) is 1.77. The third kappa shape index (κ3) is 2.12. The van der Waals surface area contributed by atoms with Crippen LogP contribution >= 0.6 is 0 Å². The van der Waals surface area contributed by atoms with E-state index in [1.54, 1.807) is 4.90 Å². The molecule has 0 aromatic carbocycles. The first-order valence-electron chi connectivity index (χ1n) is 5.38. The highest BCUT2D eigenvalue weighted by Crippen LogP contribution is 2.20. The number of nitrogens with two attached hydrogens (primary N) is 1. The third-order valence-electron chi connectivity index (χ3n) is 3.11. The zero-order valence-corrected chi connectivity index (χ0v) is 8.65. The lowest BCUT2D eigenvalue weighted by molar-refractivity contribution is -0.140. The molecular weight excluding hydrogens is 196 g/mol. The highest BCUT2D eigenvalue weighted by atomic mass is 16.5. The van der Waals surface area contributed by atoms with Crippen molar-refractivity contribution in [2.45, 2.75) is 25.4 Å². The summed E-state index contributed by atoms with van der Waals surface area (Å²) in [5.74, 6) is -0.454. The van der Waals surface area contributed by atoms with Crippen molar-refractivity contribution in [3.63, 3.8) is 0 Å². The molecule has 0 radical (unpaired) electrons. The number of carbonyl (C=O) groups excluding carboxylic acids is 2. The van der Waals surface area contributed by atoms with E-state index >= 15 is 0 Å². The van der Waals surface area contributed by atoms with Gasteiger partial charge in [0.15, 0.2) is 0 Å². The Kier molecular flexibility index (Phi) is 2.90. The van der Waals surface area contributed by atoms with Crippen molar-refractivity contribution in [1.82, 2.24) is 4.90 Å². The van der Waals surface area contributed by atoms with E-state index < -0.39 is 0 Å². The summed E-state index contributed by atoms with van der Waals surface area (Å²) in [7, 11) is 0. The predicted octanol–water partition coefficient (Wildman–Crippen LogP) is -0.501. The summed E-state index contributed by atoms with van der Waals surface area (Å²) in [6, 6.07) is 0. The van der Waals surface area contributed by atoms with Crippen molar-refractivity contribution in [3.05, 3.63) is 0 Å². The molecule has 0 aromatic rings. The number of nitrogens with zero attached hydrogens (tertiary/aromatic N) is 1. The van der Waals surface area contributed by atoms with Gasteiger partial charge in [0.25, 0.3) is 5.91 Å². The van der Waals surface area contributed by atoms with Gasteiger partial charge in [-0.25, -0.2) is 0 Å². The number of primary amides is 1. The monoisotopic (exact) mass is 212 g/mol. The third-order valence-corrected chi connectivity index (χ3v) is 3.11. The van der Waals surface area contributed by atoms with Crippen molar-refractivity contribution in [3.8, 4) is 0 Å². The topological polar surface area (TPSA) is 72.6 Å². The molecule has 2 aliphatic heterocycles. The maximum absolute atomic E-state index is 11.9. The second-order valence-corrected chi connectivity index (χ2v) is 4.17. The fourth-order valence-corrected chi connectivity index (χ4v) is 2.17. The normalized spacial score (nSPS) is 30.8. The van der Waals surface area contributed by atoms with Crippen LogP contribution in [-0.4, -0.2) is 42.5 Å². The van der Waals surface area contributed by atoms with Gasteiger partial charge in [-0.3, -0.25) is 9.59 Å². The molecule has 2 aliphatic rings. The molecule has 5 heteroatoms. The van der Waals surface area contributed by atoms with Crippen LogP contribution in [0.15, 0.2) is 0 Å². The molecule has 2 rings (SSSR count). The van der Waals surface area contributed by atoms with Crippen LogP contribution in [0.1, 0.15) is 19.3 Å². The first-order chi connectivity index (χ1) is 7.18. The molecule has 15 heavy (non-hydrogen) atoms. The molecule has 0 aromatic heterocycles. The molecule has 0 bridgehead atoms. The Labute approximate surface area is 88.5 Å². The van der Waals surface area contributed by atoms with Crippen LogP contribution in [0.3, 0.4) is 0 Å². The molecular formula is C10H16N2O3. The van der Waals surface area contributed by atoms with E-state index in [1.165, 1.54) is 0 Å². The van der Waals surface area contributed by atoms with Gasteiger partial charge in [-0.2, -0.15) is 0 Å². The standard InChI is InChI=1S/C10H16N2O3/c11-9(13)7-3-4-12(6-7)10(14)8-2-1-5-15-8/h7-8H,1-6H2,(H2,11,13). The van der Waals surface area contributed by atoms with Gasteiger partial charge in [-0.05, 0) is 19.3 Å². The average Bonchev–Trinajstić information content (AvgIpc) is 2.88. The van der Waals surface area contributed by atoms with E-state index in [4.69, 9.17) is 10.5 Å². The highest BCUT2D eigenvalue weighted by Gasteiger charge is 2.34. The highest BCUT2D eigenvalue weighted by molar-refractivity contribution is 5.83. The molecule has 0 aliphatic carbocycles. The molecule has 2 amide bonds. The maximum atomic E-state index is 11.9. The van der Waals surface area contributed by atoms with Crippen LogP contribution in [0.2, 0.25) is 0 Å². The summed E-state index contributed by atoms with van der Waals surface area (Å²) in [5, 5.41) is 0. The Morgan fingerprint density at radius 3 is 2.67 bits per heavy atom. The van der Waals surface area contributed by atoms with Crippen LogP contribution in [0.5, 0.6) is 0 Å². The summed E-state index contributed by atoms with van der Waals surface area (Å²) in [6.07, 6.45) is 2.16. The largest absolute Gasteiger partial charge is 0.369 e. The minimum atomic E-state index is -0.308. The van der Waals surface area contributed by atoms with Crippen LogP contribution in [0.25, 0.3) is 0 Å². The number of rotatable bonds is 2. The maximum Gasteiger partial charge on any atom is 0.251 e. The van der Waals surface area contributed by atoms with Crippen molar-refractivity contribution < 1.29 is 14.3 Å². The molecule has 2 atom stereocenters. The number of ether oxygens (including phenoxy) is 1. The van der Waals surface area contributed by atoms with Crippen molar-refractivity contribution in [1.29, 1.82) is 0 Å². The van der Waals surface area contributed by atoms with Crippen LogP contribution in [0, 0.1) is 5.92 Å². The van der Waals surface area contributed by atoms with Gasteiger partial charge in [0.2, 0.25) is 5.91 Å². The van der Waals surface area contributed by atoms with Gasteiger partial charge in [0.05, 0.1) is 5.92 Å². The fourth-order valence-electron chi connectivity index (χ4n) is 2.17. The lowest BCUT2D eigenvalue weighted by Gasteiger charge is -2.19. The van der Waals surface area contributed by atoms with Crippen molar-refractivity contribution in [2.75, 3.05) is 19.7 Å². The Morgan fingerprint density at radius 1 is 1.33 bits per heavy atom. The van der Waals surface area contributed by atoms with E-state index in [2.05, 4.69) is 0 Å². The van der Waals surface area contributed by atoms with Crippen LogP contribution in [-0.2, 0) is 14.3 Å². The number of likely N-dealkylation sites (tertiary alicyclic amines) is 1. The number of hydrogen-bond donors (Lipinski definition) is 1. The van der Waals surface area contributed by atoms with E-state index in [9.17, 15) is 9.59 Å².